The first kappa shape index (κ1) is 29.0. The predicted molar refractivity (Wildman–Crippen MR) is 161 cm³/mol. The Hall–Kier alpha value is -3.02. The number of amides is 2. The van der Waals surface area contributed by atoms with Gasteiger partial charge in [0.05, 0.1) is 34.5 Å². The second kappa shape index (κ2) is 12.9. The van der Waals surface area contributed by atoms with Crippen molar-refractivity contribution in [2.75, 3.05) is 33.7 Å². The lowest BCUT2D eigenvalue weighted by molar-refractivity contribution is 0.147. The van der Waals surface area contributed by atoms with Gasteiger partial charge < -0.3 is 19.9 Å². The van der Waals surface area contributed by atoms with Gasteiger partial charge in [-0.1, -0.05) is 36.1 Å². The molecule has 8 heteroatoms. The van der Waals surface area contributed by atoms with E-state index in [0.29, 0.717) is 23.9 Å². The van der Waals surface area contributed by atoms with E-state index in [-0.39, 0.29) is 23.4 Å². The summed E-state index contributed by atoms with van der Waals surface area (Å²) in [6.45, 7) is 12.3. The summed E-state index contributed by atoms with van der Waals surface area (Å²) in [5.41, 5.74) is 5.24. The van der Waals surface area contributed by atoms with Crippen LogP contribution in [0.1, 0.15) is 57.6 Å². The summed E-state index contributed by atoms with van der Waals surface area (Å²) < 4.78 is 5.78. The van der Waals surface area contributed by atoms with Gasteiger partial charge in [0.2, 0.25) is 0 Å². The van der Waals surface area contributed by atoms with Crippen molar-refractivity contribution in [3.63, 3.8) is 0 Å². The number of allylic oxidation sites excluding steroid dienone is 2. The number of thioether (sulfide) groups is 1. The van der Waals surface area contributed by atoms with E-state index >= 15 is 0 Å². The fourth-order valence-electron chi connectivity index (χ4n) is 5.60. The van der Waals surface area contributed by atoms with E-state index in [9.17, 15) is 10.1 Å². The van der Waals surface area contributed by atoms with Gasteiger partial charge in [0.15, 0.2) is 0 Å². The van der Waals surface area contributed by atoms with E-state index in [1.807, 2.05) is 43.0 Å². The summed E-state index contributed by atoms with van der Waals surface area (Å²) in [5.74, 6) is 0.606. The summed E-state index contributed by atoms with van der Waals surface area (Å²) >= 11 is 1.75. The highest BCUT2D eigenvalue weighted by atomic mass is 32.2. The molecule has 2 aliphatic heterocycles. The van der Waals surface area contributed by atoms with Crippen molar-refractivity contribution in [1.82, 2.24) is 15.1 Å². The maximum absolute atomic E-state index is 13.1. The van der Waals surface area contributed by atoms with Crippen LogP contribution in [0.3, 0.4) is 0 Å². The van der Waals surface area contributed by atoms with Gasteiger partial charge in [-0.3, -0.25) is 4.99 Å². The lowest BCUT2D eigenvalue weighted by atomic mass is 9.99. The van der Waals surface area contributed by atoms with Gasteiger partial charge in [0.1, 0.15) is 11.8 Å². The van der Waals surface area contributed by atoms with Gasteiger partial charge in [-0.15, -0.1) is 0 Å². The molecular formula is C31H41N5O2S. The Bertz CT molecular complexity index is 1220. The number of carbonyl (C=O) groups excluding carboxylic acids is 1. The highest BCUT2D eigenvalue weighted by Crippen LogP contribution is 2.39. The number of ether oxygens (including phenoxy) is 1. The van der Waals surface area contributed by atoms with E-state index in [2.05, 4.69) is 50.0 Å². The average molecular weight is 548 g/mol. The van der Waals surface area contributed by atoms with Crippen molar-refractivity contribution in [3.05, 3.63) is 64.8 Å². The first-order valence-corrected chi connectivity index (χ1v) is 14.8. The van der Waals surface area contributed by atoms with Gasteiger partial charge in [-0.25, -0.2) is 4.79 Å². The quantitative estimate of drug-likeness (QED) is 0.485. The molecule has 1 N–H and O–H groups in total. The van der Waals surface area contributed by atoms with Crippen LogP contribution in [0.15, 0.2) is 58.6 Å². The number of piperidine rings is 1. The van der Waals surface area contributed by atoms with Crippen LogP contribution in [0.4, 0.5) is 4.79 Å². The third kappa shape index (κ3) is 6.77. The van der Waals surface area contributed by atoms with Gasteiger partial charge in [-0.05, 0) is 89.9 Å². The predicted octanol–water partition coefficient (Wildman–Crippen LogP) is 5.53. The minimum Gasteiger partial charge on any atom is -0.490 e. The average Bonchev–Trinajstić information content (AvgIpc) is 3.56. The normalized spacial score (nSPS) is 24.2. The number of benzene rings is 1. The van der Waals surface area contributed by atoms with E-state index < -0.39 is 0 Å². The molecule has 4 rings (SSSR count). The minimum atomic E-state index is -0.00879. The molecule has 0 spiro atoms. The molecule has 0 aromatic heterocycles. The van der Waals surface area contributed by atoms with Crippen molar-refractivity contribution in [3.8, 4) is 11.8 Å². The van der Waals surface area contributed by atoms with E-state index in [1.54, 1.807) is 11.8 Å². The number of urea groups is 1. The zero-order valence-corrected chi connectivity index (χ0v) is 24.7. The molecular weight excluding hydrogens is 506 g/mol. The third-order valence-electron chi connectivity index (χ3n) is 7.81. The third-order valence-corrected chi connectivity index (χ3v) is 9.18. The summed E-state index contributed by atoms with van der Waals surface area (Å²) in [7, 11) is 4.22. The second-order valence-corrected chi connectivity index (χ2v) is 12.2. The Labute approximate surface area is 237 Å². The molecule has 0 bridgehead atoms. The van der Waals surface area contributed by atoms with Crippen LogP contribution in [0, 0.1) is 11.3 Å². The maximum atomic E-state index is 13.1. The van der Waals surface area contributed by atoms with Crippen LogP contribution in [0.2, 0.25) is 0 Å². The van der Waals surface area contributed by atoms with Gasteiger partial charge in [-0.2, -0.15) is 5.26 Å². The van der Waals surface area contributed by atoms with Crippen molar-refractivity contribution in [2.45, 2.75) is 69.9 Å². The van der Waals surface area contributed by atoms with Crippen LogP contribution >= 0.6 is 11.8 Å². The van der Waals surface area contributed by atoms with Gasteiger partial charge in [0.25, 0.3) is 0 Å². The molecule has 2 amide bonds. The minimum absolute atomic E-state index is 0.00734. The number of hydrogen-bond donors (Lipinski definition) is 1. The summed E-state index contributed by atoms with van der Waals surface area (Å²) in [4.78, 5) is 22.2. The van der Waals surface area contributed by atoms with Crippen molar-refractivity contribution in [1.29, 1.82) is 5.26 Å². The molecule has 208 valence electrons. The molecule has 1 unspecified atom stereocenters. The SMILES string of the molecule is C=CC=C1/C(=C(\C)C2CN=C(c3ccc(OC(C)C)c(C#N)c3)S2)CC[C@@H]1NC(=O)N1CCC(N(C)C)CC1. The molecule has 2 fully saturated rings. The summed E-state index contributed by atoms with van der Waals surface area (Å²) in [6.07, 6.45) is 7.72. The zero-order chi connectivity index (χ0) is 28.1. The van der Waals surface area contributed by atoms with Crippen LogP contribution in [0.5, 0.6) is 5.75 Å². The topological polar surface area (TPSA) is 81.0 Å². The number of nitrogens with zero attached hydrogens (tertiary/aromatic N) is 4. The highest BCUT2D eigenvalue weighted by molar-refractivity contribution is 8.15. The van der Waals surface area contributed by atoms with E-state index in [0.717, 1.165) is 55.0 Å². The lowest BCUT2D eigenvalue weighted by Gasteiger charge is -2.35. The first-order valence-electron chi connectivity index (χ1n) is 13.9. The number of carbonyl (C=O) groups is 1. The Morgan fingerprint density at radius 2 is 2.05 bits per heavy atom. The van der Waals surface area contributed by atoms with Crippen LogP contribution in [0.25, 0.3) is 0 Å². The zero-order valence-electron chi connectivity index (χ0n) is 23.9. The fraction of sp³-hybridized carbons (Fsp3) is 0.516. The van der Waals surface area contributed by atoms with Gasteiger partial charge in [0, 0.05) is 24.7 Å². The van der Waals surface area contributed by atoms with E-state index in [1.165, 1.54) is 11.1 Å². The highest BCUT2D eigenvalue weighted by Gasteiger charge is 2.33. The maximum Gasteiger partial charge on any atom is 0.317 e. The van der Waals surface area contributed by atoms with Crippen molar-refractivity contribution >= 4 is 22.8 Å². The Kier molecular flexibility index (Phi) is 9.58. The standard InChI is InChI=1S/C31H41N5O2S/c1-7-8-26-25(10-11-27(26)34-31(37)36-15-13-24(14-16-36)35(5)6)21(4)29-19-33-30(39-29)22-9-12-28(38-20(2)3)23(17-22)18-32/h7-9,12,17,20,24,27,29H,1,10-11,13-16,19H2,2-6H3,(H,34,37)/b25-21+,26-8?/t27-,29?/m0/s1. The molecule has 1 aliphatic carbocycles. The molecule has 1 aromatic rings. The van der Waals surface area contributed by atoms with Crippen LogP contribution in [-0.2, 0) is 0 Å². The molecule has 2 atom stereocenters. The largest absolute Gasteiger partial charge is 0.490 e. The number of rotatable bonds is 7. The Morgan fingerprint density at radius 3 is 2.69 bits per heavy atom. The Morgan fingerprint density at radius 1 is 1.31 bits per heavy atom. The smallest absolute Gasteiger partial charge is 0.317 e. The molecule has 1 saturated carbocycles. The Balaban J connectivity index is 1.43. The summed E-state index contributed by atoms with van der Waals surface area (Å²) in [5, 5.41) is 14.1. The number of hydrogen-bond acceptors (Lipinski definition) is 6. The number of nitrogens with one attached hydrogen (secondary N) is 1. The van der Waals surface area contributed by atoms with Crippen molar-refractivity contribution in [2.24, 2.45) is 4.99 Å². The number of likely N-dealkylation sites (tertiary alicyclic amines) is 1. The molecule has 3 aliphatic rings. The fourth-order valence-corrected chi connectivity index (χ4v) is 6.75. The van der Waals surface area contributed by atoms with Crippen molar-refractivity contribution < 1.29 is 9.53 Å². The summed E-state index contributed by atoms with van der Waals surface area (Å²) in [6, 6.07) is 8.56. The number of nitriles is 1. The molecule has 1 saturated heterocycles. The molecule has 1 aromatic carbocycles. The molecule has 7 nitrogen and oxygen atoms in total. The molecule has 2 heterocycles. The second-order valence-electron chi connectivity index (χ2n) is 11.0. The lowest BCUT2D eigenvalue weighted by Crippen LogP contribution is -2.50. The van der Waals surface area contributed by atoms with Crippen LogP contribution in [-0.4, -0.2) is 78.0 Å². The molecule has 39 heavy (non-hydrogen) atoms. The monoisotopic (exact) mass is 547 g/mol. The molecule has 0 radical (unpaired) electrons. The van der Waals surface area contributed by atoms with Gasteiger partial charge >= 0.3 is 6.03 Å². The number of aliphatic imine (C=N–C) groups is 1. The first-order chi connectivity index (χ1) is 18.7. The van der Waals surface area contributed by atoms with Crippen LogP contribution < -0.4 is 10.1 Å². The van der Waals surface area contributed by atoms with E-state index in [4.69, 9.17) is 9.73 Å².